The molecule has 3 heterocycles. The van der Waals surface area contributed by atoms with Crippen molar-refractivity contribution in [2.24, 2.45) is 11.3 Å². The van der Waals surface area contributed by atoms with E-state index in [1.807, 2.05) is 0 Å². The highest BCUT2D eigenvalue weighted by Gasteiger charge is 2.40. The average Bonchev–Trinajstić information content (AvgIpc) is 3.10. The quantitative estimate of drug-likeness (QED) is 0.833. The number of hydrogen-bond acceptors (Lipinski definition) is 4. The summed E-state index contributed by atoms with van der Waals surface area (Å²) in [6, 6.07) is 0.775. The molecule has 2 atom stereocenters. The molecule has 3 saturated heterocycles. The van der Waals surface area contributed by atoms with Crippen LogP contribution >= 0.6 is 0 Å². The van der Waals surface area contributed by atoms with E-state index in [4.69, 9.17) is 4.74 Å². The Balaban J connectivity index is 1.54. The lowest BCUT2D eigenvalue weighted by molar-refractivity contribution is 0.0171. The van der Waals surface area contributed by atoms with Crippen molar-refractivity contribution in [3.63, 3.8) is 0 Å². The Kier molecular flexibility index (Phi) is 4.65. The Morgan fingerprint density at radius 3 is 2.70 bits per heavy atom. The number of ether oxygens (including phenoxy) is 1. The molecule has 3 aliphatic rings. The van der Waals surface area contributed by atoms with Gasteiger partial charge in [0.25, 0.3) is 0 Å². The van der Waals surface area contributed by atoms with Crippen molar-refractivity contribution >= 4 is 0 Å². The van der Waals surface area contributed by atoms with E-state index in [2.05, 4.69) is 29.0 Å². The topological polar surface area (TPSA) is 27.7 Å². The molecule has 0 aromatic heterocycles. The lowest BCUT2D eigenvalue weighted by atomic mass is 9.76. The zero-order chi connectivity index (χ0) is 14.0. The molecule has 0 saturated carbocycles. The number of likely N-dealkylation sites (tertiary alicyclic amines) is 1. The maximum absolute atomic E-state index is 5.48. The Hall–Kier alpha value is -0.160. The van der Waals surface area contributed by atoms with Gasteiger partial charge in [-0.1, -0.05) is 13.8 Å². The van der Waals surface area contributed by atoms with Gasteiger partial charge in [0.1, 0.15) is 0 Å². The summed E-state index contributed by atoms with van der Waals surface area (Å²) in [5, 5.41) is 3.59. The summed E-state index contributed by atoms with van der Waals surface area (Å²) in [5.41, 5.74) is 0.514. The normalized spacial score (nSPS) is 37.0. The number of rotatable bonds is 4. The third kappa shape index (κ3) is 3.03. The highest BCUT2D eigenvalue weighted by molar-refractivity contribution is 4.95. The fraction of sp³-hybridized carbons (Fsp3) is 1.00. The average molecular weight is 281 g/mol. The molecule has 20 heavy (non-hydrogen) atoms. The minimum absolute atomic E-state index is 0.514. The number of hydrogen-bond donors (Lipinski definition) is 1. The largest absolute Gasteiger partial charge is 0.379 e. The fourth-order valence-electron chi connectivity index (χ4n) is 4.22. The molecule has 116 valence electrons. The maximum Gasteiger partial charge on any atom is 0.0594 e. The number of morpholine rings is 1. The van der Waals surface area contributed by atoms with Crippen molar-refractivity contribution in [2.75, 3.05) is 59.0 Å². The first-order chi connectivity index (χ1) is 9.70. The third-order valence-electron chi connectivity index (χ3n) is 5.85. The van der Waals surface area contributed by atoms with E-state index in [9.17, 15) is 0 Å². The first kappa shape index (κ1) is 14.8. The predicted molar refractivity (Wildman–Crippen MR) is 82.0 cm³/mol. The highest BCUT2D eigenvalue weighted by Crippen LogP contribution is 2.36. The standard InChI is InChI=1S/C16H31N3O/c1-14(2)16(4-5-17-12-16)13-18-6-3-15(11-18)19-7-9-20-10-8-19/h14-15,17H,3-13H2,1-2H3. The molecule has 3 aliphatic heterocycles. The molecule has 0 amide bonds. The van der Waals surface area contributed by atoms with E-state index >= 15 is 0 Å². The van der Waals surface area contributed by atoms with Crippen LogP contribution in [0.5, 0.6) is 0 Å². The van der Waals surface area contributed by atoms with Crippen LogP contribution in [-0.2, 0) is 4.74 Å². The summed E-state index contributed by atoms with van der Waals surface area (Å²) in [4.78, 5) is 5.38. The van der Waals surface area contributed by atoms with E-state index in [1.54, 1.807) is 0 Å². The van der Waals surface area contributed by atoms with E-state index in [0.29, 0.717) is 5.41 Å². The van der Waals surface area contributed by atoms with E-state index in [-0.39, 0.29) is 0 Å². The van der Waals surface area contributed by atoms with Crippen LogP contribution in [0.15, 0.2) is 0 Å². The molecular weight excluding hydrogens is 250 g/mol. The van der Waals surface area contributed by atoms with Gasteiger partial charge in [-0.2, -0.15) is 0 Å². The van der Waals surface area contributed by atoms with Crippen LogP contribution in [0.4, 0.5) is 0 Å². The second-order valence-corrected chi connectivity index (χ2v) is 7.27. The molecule has 4 nitrogen and oxygen atoms in total. The van der Waals surface area contributed by atoms with Crippen LogP contribution in [0.1, 0.15) is 26.7 Å². The first-order valence-corrected chi connectivity index (χ1v) is 8.44. The van der Waals surface area contributed by atoms with Crippen molar-refractivity contribution in [3.8, 4) is 0 Å². The van der Waals surface area contributed by atoms with Gasteiger partial charge in [0.2, 0.25) is 0 Å². The smallest absolute Gasteiger partial charge is 0.0594 e. The molecule has 3 rings (SSSR count). The fourth-order valence-corrected chi connectivity index (χ4v) is 4.22. The first-order valence-electron chi connectivity index (χ1n) is 8.44. The number of nitrogens with one attached hydrogen (secondary N) is 1. The lowest BCUT2D eigenvalue weighted by Crippen LogP contribution is -2.46. The molecule has 1 N–H and O–H groups in total. The van der Waals surface area contributed by atoms with Gasteiger partial charge in [-0.05, 0) is 37.3 Å². The van der Waals surface area contributed by atoms with E-state index < -0.39 is 0 Å². The summed E-state index contributed by atoms with van der Waals surface area (Å²) < 4.78 is 5.48. The van der Waals surface area contributed by atoms with Crippen molar-refractivity contribution in [1.82, 2.24) is 15.1 Å². The Morgan fingerprint density at radius 1 is 1.25 bits per heavy atom. The molecule has 0 radical (unpaired) electrons. The van der Waals surface area contributed by atoms with Crippen LogP contribution in [0, 0.1) is 11.3 Å². The summed E-state index contributed by atoms with van der Waals surface area (Å²) in [5.74, 6) is 0.778. The summed E-state index contributed by atoms with van der Waals surface area (Å²) in [7, 11) is 0. The van der Waals surface area contributed by atoms with Crippen molar-refractivity contribution in [1.29, 1.82) is 0 Å². The van der Waals surface area contributed by atoms with Crippen LogP contribution in [0.2, 0.25) is 0 Å². The monoisotopic (exact) mass is 281 g/mol. The number of nitrogens with zero attached hydrogens (tertiary/aromatic N) is 2. The predicted octanol–water partition coefficient (Wildman–Crippen LogP) is 1.03. The summed E-state index contributed by atoms with van der Waals surface area (Å²) >= 11 is 0. The van der Waals surface area contributed by atoms with Crippen LogP contribution < -0.4 is 5.32 Å². The van der Waals surface area contributed by atoms with Gasteiger partial charge < -0.3 is 15.0 Å². The van der Waals surface area contributed by atoms with E-state index in [1.165, 1.54) is 45.6 Å². The van der Waals surface area contributed by atoms with Crippen molar-refractivity contribution < 1.29 is 4.74 Å². The Bertz CT molecular complexity index is 309. The molecule has 0 bridgehead atoms. The third-order valence-corrected chi connectivity index (χ3v) is 5.85. The zero-order valence-corrected chi connectivity index (χ0v) is 13.2. The van der Waals surface area contributed by atoms with Crippen LogP contribution in [-0.4, -0.2) is 74.9 Å². The van der Waals surface area contributed by atoms with Gasteiger partial charge in [-0.3, -0.25) is 4.90 Å². The molecule has 0 aromatic rings. The Labute approximate surface area is 123 Å². The van der Waals surface area contributed by atoms with Gasteiger partial charge in [-0.25, -0.2) is 0 Å². The van der Waals surface area contributed by atoms with Crippen LogP contribution in [0.25, 0.3) is 0 Å². The van der Waals surface area contributed by atoms with Gasteiger partial charge >= 0.3 is 0 Å². The van der Waals surface area contributed by atoms with Gasteiger partial charge in [0.15, 0.2) is 0 Å². The molecule has 0 aliphatic carbocycles. The van der Waals surface area contributed by atoms with E-state index in [0.717, 1.165) is 38.3 Å². The minimum Gasteiger partial charge on any atom is -0.379 e. The second kappa shape index (κ2) is 6.30. The summed E-state index contributed by atoms with van der Waals surface area (Å²) in [6.45, 7) is 15.2. The molecule has 4 heteroatoms. The van der Waals surface area contributed by atoms with Gasteiger partial charge in [0.05, 0.1) is 13.2 Å². The highest BCUT2D eigenvalue weighted by atomic mass is 16.5. The molecule has 0 spiro atoms. The Morgan fingerprint density at radius 2 is 2.05 bits per heavy atom. The molecular formula is C16H31N3O. The minimum atomic E-state index is 0.514. The zero-order valence-electron chi connectivity index (χ0n) is 13.2. The summed E-state index contributed by atoms with van der Waals surface area (Å²) in [6.07, 6.45) is 2.70. The van der Waals surface area contributed by atoms with Crippen molar-refractivity contribution in [3.05, 3.63) is 0 Å². The maximum atomic E-state index is 5.48. The molecule has 3 fully saturated rings. The molecule has 0 aromatic carbocycles. The lowest BCUT2D eigenvalue weighted by Gasteiger charge is -2.37. The van der Waals surface area contributed by atoms with Gasteiger partial charge in [0, 0.05) is 38.8 Å². The van der Waals surface area contributed by atoms with Crippen molar-refractivity contribution in [2.45, 2.75) is 32.7 Å². The van der Waals surface area contributed by atoms with Crippen LogP contribution in [0.3, 0.4) is 0 Å². The second-order valence-electron chi connectivity index (χ2n) is 7.27. The SMILES string of the molecule is CC(C)C1(CN2CCC(N3CCOCC3)C2)CCNC1. The molecule has 2 unspecified atom stereocenters. The van der Waals surface area contributed by atoms with Gasteiger partial charge in [-0.15, -0.1) is 0 Å².